The van der Waals surface area contributed by atoms with E-state index in [2.05, 4.69) is 15.7 Å². The molecule has 1 aromatic carbocycles. The molecule has 0 fully saturated rings. The number of carbonyl (C=O) groups excluding carboxylic acids is 1. The second-order valence-corrected chi connectivity index (χ2v) is 7.02. The molecule has 3 heterocycles. The van der Waals surface area contributed by atoms with Gasteiger partial charge in [0.1, 0.15) is 23.9 Å². The van der Waals surface area contributed by atoms with Crippen LogP contribution in [0.4, 0.5) is 0 Å². The van der Waals surface area contributed by atoms with Crippen molar-refractivity contribution in [3.8, 4) is 11.6 Å². The topological polar surface area (TPSA) is 94.8 Å². The Labute approximate surface area is 179 Å². The molecular formula is C23H22N4O4. The summed E-state index contributed by atoms with van der Waals surface area (Å²) in [5.41, 5.74) is 5.26. The molecule has 0 aliphatic heterocycles. The lowest BCUT2D eigenvalue weighted by atomic mass is 10.3. The van der Waals surface area contributed by atoms with Crippen LogP contribution >= 0.6 is 0 Å². The summed E-state index contributed by atoms with van der Waals surface area (Å²) in [6.45, 7) is 5.99. The highest BCUT2D eigenvalue weighted by Gasteiger charge is 2.13. The summed E-state index contributed by atoms with van der Waals surface area (Å²) in [4.78, 5) is 12.3. The molecule has 0 aliphatic rings. The average Bonchev–Trinajstić information content (AvgIpc) is 3.47. The molecule has 31 heavy (non-hydrogen) atoms. The first kappa shape index (κ1) is 20.2. The van der Waals surface area contributed by atoms with Gasteiger partial charge in [-0.15, -0.1) is 0 Å². The fourth-order valence-corrected chi connectivity index (χ4v) is 3.19. The van der Waals surface area contributed by atoms with E-state index in [0.717, 1.165) is 28.5 Å². The maximum atomic E-state index is 12.3. The fourth-order valence-electron chi connectivity index (χ4n) is 3.19. The van der Waals surface area contributed by atoms with Gasteiger partial charge in [-0.05, 0) is 51.1 Å². The molecule has 0 saturated carbocycles. The van der Waals surface area contributed by atoms with Crippen LogP contribution in [0.3, 0.4) is 0 Å². The zero-order chi connectivity index (χ0) is 21.8. The van der Waals surface area contributed by atoms with E-state index in [1.54, 1.807) is 18.3 Å². The van der Waals surface area contributed by atoms with Gasteiger partial charge in [0.25, 0.3) is 0 Å². The average molecular weight is 418 g/mol. The number of nitrogens with zero attached hydrogens (tertiary/aromatic N) is 3. The van der Waals surface area contributed by atoms with Crippen molar-refractivity contribution in [2.24, 2.45) is 5.10 Å². The van der Waals surface area contributed by atoms with E-state index in [4.69, 9.17) is 13.7 Å². The molecule has 4 aromatic rings. The summed E-state index contributed by atoms with van der Waals surface area (Å²) in [7, 11) is 0. The monoisotopic (exact) mass is 418 g/mol. The first-order chi connectivity index (χ1) is 15.0. The zero-order valence-electron chi connectivity index (χ0n) is 17.5. The summed E-state index contributed by atoms with van der Waals surface area (Å²) in [6, 6.07) is 16.5. The number of para-hydroxylation sites is 1. The van der Waals surface area contributed by atoms with E-state index in [1.165, 1.54) is 0 Å². The molecule has 4 rings (SSSR count). The predicted octanol–water partition coefficient (Wildman–Crippen LogP) is 4.33. The van der Waals surface area contributed by atoms with Crippen molar-refractivity contribution in [2.75, 3.05) is 0 Å². The number of hydrogen-bond donors (Lipinski definition) is 1. The van der Waals surface area contributed by atoms with Gasteiger partial charge in [-0.2, -0.15) is 5.10 Å². The summed E-state index contributed by atoms with van der Waals surface area (Å²) in [5, 5.41) is 8.12. The highest BCUT2D eigenvalue weighted by Crippen LogP contribution is 2.19. The Hall–Kier alpha value is -4.07. The third-order valence-corrected chi connectivity index (χ3v) is 4.69. The van der Waals surface area contributed by atoms with Gasteiger partial charge in [-0.3, -0.25) is 9.36 Å². The van der Waals surface area contributed by atoms with Crippen LogP contribution in [0.2, 0.25) is 0 Å². The highest BCUT2D eigenvalue weighted by atomic mass is 16.5. The van der Waals surface area contributed by atoms with Gasteiger partial charge in [0.15, 0.2) is 11.6 Å². The van der Waals surface area contributed by atoms with E-state index < -0.39 is 5.91 Å². The molecule has 158 valence electrons. The van der Waals surface area contributed by atoms with Gasteiger partial charge in [0, 0.05) is 23.0 Å². The molecule has 0 saturated heterocycles. The Bertz CT molecular complexity index is 1220. The molecular weight excluding hydrogens is 396 g/mol. The van der Waals surface area contributed by atoms with Crippen LogP contribution in [0.5, 0.6) is 5.75 Å². The van der Waals surface area contributed by atoms with Crippen LogP contribution in [0.25, 0.3) is 5.82 Å². The number of rotatable bonds is 7. The number of amides is 1. The number of hydrogen-bond acceptors (Lipinski definition) is 6. The van der Waals surface area contributed by atoms with Gasteiger partial charge in [-0.25, -0.2) is 5.43 Å². The van der Waals surface area contributed by atoms with Gasteiger partial charge >= 0.3 is 5.91 Å². The predicted molar refractivity (Wildman–Crippen MR) is 115 cm³/mol. The molecule has 0 bridgehead atoms. The van der Waals surface area contributed by atoms with Crippen molar-refractivity contribution >= 4 is 12.1 Å². The second kappa shape index (κ2) is 8.74. The highest BCUT2D eigenvalue weighted by molar-refractivity contribution is 5.92. The molecule has 1 amide bonds. The minimum Gasteiger partial charge on any atom is -0.486 e. The molecule has 0 atom stereocenters. The molecule has 0 spiro atoms. The summed E-state index contributed by atoms with van der Waals surface area (Å²) in [5.74, 6) is 2.43. The normalized spacial score (nSPS) is 11.2. The Kier molecular flexibility index (Phi) is 5.70. The Morgan fingerprint density at radius 1 is 1.16 bits per heavy atom. The van der Waals surface area contributed by atoms with Crippen LogP contribution in [-0.2, 0) is 6.61 Å². The first-order valence-electron chi connectivity index (χ1n) is 9.74. The van der Waals surface area contributed by atoms with Gasteiger partial charge in [0.2, 0.25) is 0 Å². The van der Waals surface area contributed by atoms with Crippen LogP contribution in [0.15, 0.2) is 68.6 Å². The lowest BCUT2D eigenvalue weighted by Crippen LogP contribution is -2.16. The van der Waals surface area contributed by atoms with Crippen molar-refractivity contribution < 1.29 is 18.5 Å². The van der Waals surface area contributed by atoms with Crippen LogP contribution in [0, 0.1) is 20.8 Å². The van der Waals surface area contributed by atoms with Gasteiger partial charge in [-0.1, -0.05) is 23.4 Å². The number of carbonyl (C=O) groups is 1. The fraction of sp³-hybridized carbons (Fsp3) is 0.174. The summed E-state index contributed by atoms with van der Waals surface area (Å²) >= 11 is 0. The molecule has 1 N–H and O–H groups in total. The molecule has 3 aromatic heterocycles. The van der Waals surface area contributed by atoms with E-state index in [-0.39, 0.29) is 12.4 Å². The van der Waals surface area contributed by atoms with Crippen LogP contribution < -0.4 is 10.2 Å². The molecule has 0 aliphatic carbocycles. The van der Waals surface area contributed by atoms with E-state index in [9.17, 15) is 4.79 Å². The molecule has 0 radical (unpaired) electrons. The van der Waals surface area contributed by atoms with Crippen molar-refractivity contribution in [3.63, 3.8) is 0 Å². The van der Waals surface area contributed by atoms with Crippen LogP contribution in [-0.4, -0.2) is 21.8 Å². The number of aryl methyl sites for hydroxylation is 2. The maximum absolute atomic E-state index is 12.3. The maximum Gasteiger partial charge on any atom is 0.307 e. The first-order valence-corrected chi connectivity index (χ1v) is 9.74. The third-order valence-electron chi connectivity index (χ3n) is 4.69. The van der Waals surface area contributed by atoms with Crippen molar-refractivity contribution in [1.82, 2.24) is 15.1 Å². The minimum atomic E-state index is -0.442. The quantitative estimate of drug-likeness (QED) is 0.356. The van der Waals surface area contributed by atoms with E-state index in [0.29, 0.717) is 11.6 Å². The van der Waals surface area contributed by atoms with Crippen molar-refractivity contribution in [2.45, 2.75) is 27.4 Å². The minimum absolute atomic E-state index is 0.160. The number of benzene rings is 1. The molecule has 8 heteroatoms. The SMILES string of the molecule is Cc1cc(-n2c(C)cc(/C=N\NC(=O)c3ccc(COc4ccccc4)o3)c2C)no1. The molecule has 8 nitrogen and oxygen atoms in total. The number of nitrogens with one attached hydrogen (secondary N) is 1. The summed E-state index contributed by atoms with van der Waals surface area (Å²) in [6.07, 6.45) is 1.59. The smallest absolute Gasteiger partial charge is 0.307 e. The molecule has 0 unspecified atom stereocenters. The van der Waals surface area contributed by atoms with Crippen molar-refractivity contribution in [1.29, 1.82) is 0 Å². The van der Waals surface area contributed by atoms with Gasteiger partial charge in [0.05, 0.1) is 6.21 Å². The van der Waals surface area contributed by atoms with Crippen molar-refractivity contribution in [3.05, 3.63) is 88.8 Å². The van der Waals surface area contributed by atoms with Gasteiger partial charge < -0.3 is 13.7 Å². The zero-order valence-corrected chi connectivity index (χ0v) is 17.5. The van der Waals surface area contributed by atoms with Crippen LogP contribution in [0.1, 0.15) is 39.0 Å². The Morgan fingerprint density at radius 3 is 2.71 bits per heavy atom. The Balaban J connectivity index is 1.37. The second-order valence-electron chi connectivity index (χ2n) is 7.02. The third kappa shape index (κ3) is 4.58. The number of furan rings is 1. The lowest BCUT2D eigenvalue weighted by Gasteiger charge is -2.03. The standard InChI is InChI=1S/C23H22N4O4/c1-15-11-18(17(3)27(15)22-12-16(2)31-26-22)13-24-25-23(28)21-10-9-20(30-21)14-29-19-7-5-4-6-8-19/h4-13H,14H2,1-3H3,(H,25,28)/b24-13-. The number of hydrazone groups is 1. The van der Waals surface area contributed by atoms with E-state index in [1.807, 2.05) is 67.8 Å². The number of aromatic nitrogens is 2. The van der Waals surface area contributed by atoms with E-state index >= 15 is 0 Å². The lowest BCUT2D eigenvalue weighted by molar-refractivity contribution is 0.0923. The summed E-state index contributed by atoms with van der Waals surface area (Å²) < 4.78 is 18.3. The number of ether oxygens (including phenoxy) is 1. The largest absolute Gasteiger partial charge is 0.486 e. The Morgan fingerprint density at radius 2 is 1.97 bits per heavy atom.